The van der Waals surface area contributed by atoms with Crippen molar-refractivity contribution in [1.82, 2.24) is 15.0 Å². The quantitative estimate of drug-likeness (QED) is 0.503. The van der Waals surface area contributed by atoms with Gasteiger partial charge in [0.2, 0.25) is 5.95 Å². The minimum absolute atomic E-state index is 0.0222. The summed E-state index contributed by atoms with van der Waals surface area (Å²) in [5.41, 5.74) is 1.41. The third-order valence-corrected chi connectivity index (χ3v) is 4.11. The number of carboxylic acids is 1. The van der Waals surface area contributed by atoms with Crippen LogP contribution in [0.4, 0.5) is 10.3 Å². The maximum atomic E-state index is 14.0. The summed E-state index contributed by atoms with van der Waals surface area (Å²) in [6.45, 7) is 0. The molecule has 8 heteroatoms. The van der Waals surface area contributed by atoms with E-state index in [0.717, 1.165) is 0 Å². The summed E-state index contributed by atoms with van der Waals surface area (Å²) in [7, 11) is 0. The van der Waals surface area contributed by atoms with E-state index in [1.807, 2.05) is 0 Å². The van der Waals surface area contributed by atoms with Crippen LogP contribution in [0.1, 0.15) is 20.8 Å². The summed E-state index contributed by atoms with van der Waals surface area (Å²) >= 11 is 0. The molecule has 28 heavy (non-hydrogen) atoms. The molecule has 2 heterocycles. The Balaban J connectivity index is 1.64. The van der Waals surface area contributed by atoms with Crippen molar-refractivity contribution in [2.24, 2.45) is 0 Å². The number of aromatic nitrogens is 3. The maximum Gasteiger partial charge on any atom is 0.337 e. The number of pyridine rings is 1. The van der Waals surface area contributed by atoms with E-state index in [1.165, 1.54) is 18.2 Å². The number of carbonyl (C=O) groups excluding carboxylic acids is 1. The number of rotatable bonds is 4. The number of aromatic carboxylic acids is 1. The number of fused-ring (bicyclic) bond motifs is 1. The van der Waals surface area contributed by atoms with Crippen LogP contribution in [0.3, 0.4) is 0 Å². The van der Waals surface area contributed by atoms with Gasteiger partial charge in [-0.05, 0) is 36.4 Å². The maximum absolute atomic E-state index is 14.0. The van der Waals surface area contributed by atoms with E-state index in [1.54, 1.807) is 42.5 Å². The van der Waals surface area contributed by atoms with Crippen LogP contribution in [0.5, 0.6) is 0 Å². The Morgan fingerprint density at radius 3 is 2.54 bits per heavy atom. The first-order valence-electron chi connectivity index (χ1n) is 8.28. The summed E-state index contributed by atoms with van der Waals surface area (Å²) in [5, 5.41) is 11.8. The van der Waals surface area contributed by atoms with Gasteiger partial charge in [0.25, 0.3) is 5.91 Å². The van der Waals surface area contributed by atoms with Crippen LogP contribution in [0.25, 0.3) is 22.3 Å². The van der Waals surface area contributed by atoms with Gasteiger partial charge in [-0.3, -0.25) is 10.1 Å². The van der Waals surface area contributed by atoms with Crippen molar-refractivity contribution < 1.29 is 19.1 Å². The molecule has 3 N–H and O–H groups in total. The van der Waals surface area contributed by atoms with Crippen LogP contribution in [0, 0.1) is 5.82 Å². The van der Waals surface area contributed by atoms with Crippen LogP contribution < -0.4 is 5.32 Å². The van der Waals surface area contributed by atoms with E-state index in [-0.39, 0.29) is 28.3 Å². The fourth-order valence-corrected chi connectivity index (χ4v) is 2.82. The largest absolute Gasteiger partial charge is 0.478 e. The van der Waals surface area contributed by atoms with E-state index in [4.69, 9.17) is 0 Å². The smallest absolute Gasteiger partial charge is 0.337 e. The van der Waals surface area contributed by atoms with Gasteiger partial charge in [-0.1, -0.05) is 24.3 Å². The van der Waals surface area contributed by atoms with Gasteiger partial charge in [0.1, 0.15) is 17.0 Å². The Bertz CT molecular complexity index is 1220. The number of benzene rings is 2. The SMILES string of the molecule is O=C(Nc1nc2c(C(=O)O)cccc2[nH]1)c1cccc(-c2ccccc2F)n1. The van der Waals surface area contributed by atoms with Crippen molar-refractivity contribution in [3.8, 4) is 11.3 Å². The normalized spacial score (nSPS) is 10.8. The molecule has 0 bridgehead atoms. The molecule has 0 aliphatic heterocycles. The minimum Gasteiger partial charge on any atom is -0.478 e. The lowest BCUT2D eigenvalue weighted by Gasteiger charge is -2.05. The molecule has 0 atom stereocenters. The van der Waals surface area contributed by atoms with Crippen LogP contribution in [-0.2, 0) is 0 Å². The average Bonchev–Trinajstić information content (AvgIpc) is 3.10. The summed E-state index contributed by atoms with van der Waals surface area (Å²) in [5.74, 6) is -2.03. The molecule has 0 saturated carbocycles. The molecule has 2 aromatic heterocycles. The Kier molecular flexibility index (Phi) is 4.29. The number of anilines is 1. The number of nitrogens with one attached hydrogen (secondary N) is 2. The Morgan fingerprint density at radius 2 is 1.75 bits per heavy atom. The third-order valence-electron chi connectivity index (χ3n) is 4.11. The molecular formula is C20H13FN4O3. The van der Waals surface area contributed by atoms with Crippen LogP contribution in [-0.4, -0.2) is 31.9 Å². The molecule has 0 aliphatic rings. The lowest BCUT2D eigenvalue weighted by molar-refractivity contribution is 0.0698. The molecule has 7 nitrogen and oxygen atoms in total. The fraction of sp³-hybridized carbons (Fsp3) is 0. The van der Waals surface area contributed by atoms with Gasteiger partial charge < -0.3 is 10.1 Å². The summed E-state index contributed by atoms with van der Waals surface area (Å²) < 4.78 is 14.0. The third kappa shape index (κ3) is 3.18. The first-order valence-corrected chi connectivity index (χ1v) is 8.28. The highest BCUT2D eigenvalue weighted by Crippen LogP contribution is 2.22. The zero-order chi connectivity index (χ0) is 19.7. The number of amides is 1. The van der Waals surface area contributed by atoms with E-state index in [0.29, 0.717) is 11.2 Å². The summed E-state index contributed by atoms with van der Waals surface area (Å²) in [6, 6.07) is 15.5. The van der Waals surface area contributed by atoms with Gasteiger partial charge in [-0.2, -0.15) is 0 Å². The number of H-pyrrole nitrogens is 1. The second-order valence-electron chi connectivity index (χ2n) is 5.93. The molecular weight excluding hydrogens is 363 g/mol. The number of carbonyl (C=O) groups is 2. The summed E-state index contributed by atoms with van der Waals surface area (Å²) in [6.07, 6.45) is 0. The number of carboxylic acid groups (broad SMARTS) is 1. The number of para-hydroxylation sites is 1. The first kappa shape index (κ1) is 17.3. The van der Waals surface area contributed by atoms with Gasteiger partial charge in [0.15, 0.2) is 0 Å². The number of aromatic amines is 1. The van der Waals surface area contributed by atoms with Crippen LogP contribution in [0.2, 0.25) is 0 Å². The van der Waals surface area contributed by atoms with Crippen LogP contribution >= 0.6 is 0 Å². The molecule has 0 radical (unpaired) electrons. The standard InChI is InChI=1S/C20H13FN4O3/c21-13-7-2-1-5-11(13)14-8-4-10-16(22-14)18(26)25-20-23-15-9-3-6-12(19(27)28)17(15)24-20/h1-10H,(H,27,28)(H2,23,24,25,26). The van der Waals surface area contributed by atoms with E-state index in [2.05, 4.69) is 20.3 Å². The Labute approximate surface area is 157 Å². The molecule has 2 aromatic carbocycles. The fourth-order valence-electron chi connectivity index (χ4n) is 2.82. The predicted octanol–water partition coefficient (Wildman–Crippen LogP) is 3.71. The highest BCUT2D eigenvalue weighted by molar-refractivity contribution is 6.05. The highest BCUT2D eigenvalue weighted by Gasteiger charge is 2.16. The van der Waals surface area contributed by atoms with E-state index < -0.39 is 17.7 Å². The number of halogens is 1. The number of imidazole rings is 1. The van der Waals surface area contributed by atoms with Crippen molar-refractivity contribution in [3.05, 3.63) is 77.7 Å². The lowest BCUT2D eigenvalue weighted by atomic mass is 10.1. The number of nitrogens with zero attached hydrogens (tertiary/aromatic N) is 2. The first-order chi connectivity index (χ1) is 13.5. The zero-order valence-corrected chi connectivity index (χ0v) is 14.3. The summed E-state index contributed by atoms with van der Waals surface area (Å²) in [4.78, 5) is 35.0. The van der Waals surface area contributed by atoms with Crippen molar-refractivity contribution >= 4 is 28.9 Å². The van der Waals surface area contributed by atoms with Crippen molar-refractivity contribution in [2.75, 3.05) is 5.32 Å². The van der Waals surface area contributed by atoms with Gasteiger partial charge in [0.05, 0.1) is 16.8 Å². The van der Waals surface area contributed by atoms with Crippen molar-refractivity contribution in [2.45, 2.75) is 0 Å². The van der Waals surface area contributed by atoms with E-state index in [9.17, 15) is 19.1 Å². The number of hydrogen-bond acceptors (Lipinski definition) is 4. The molecule has 0 saturated heterocycles. The molecule has 4 rings (SSSR count). The average molecular weight is 376 g/mol. The second kappa shape index (κ2) is 6.92. The van der Waals surface area contributed by atoms with Gasteiger partial charge in [-0.15, -0.1) is 0 Å². The monoisotopic (exact) mass is 376 g/mol. The van der Waals surface area contributed by atoms with Crippen molar-refractivity contribution in [1.29, 1.82) is 0 Å². The molecule has 4 aromatic rings. The molecule has 1 amide bonds. The Hall–Kier alpha value is -4.07. The van der Waals surface area contributed by atoms with Crippen molar-refractivity contribution in [3.63, 3.8) is 0 Å². The topological polar surface area (TPSA) is 108 Å². The Morgan fingerprint density at radius 1 is 0.964 bits per heavy atom. The number of hydrogen-bond donors (Lipinski definition) is 3. The van der Waals surface area contributed by atoms with E-state index >= 15 is 0 Å². The zero-order valence-electron chi connectivity index (χ0n) is 14.3. The molecule has 138 valence electrons. The van der Waals surface area contributed by atoms with Gasteiger partial charge >= 0.3 is 5.97 Å². The van der Waals surface area contributed by atoms with Gasteiger partial charge in [0, 0.05) is 5.56 Å². The lowest BCUT2D eigenvalue weighted by Crippen LogP contribution is -2.15. The molecule has 0 fully saturated rings. The molecule has 0 spiro atoms. The minimum atomic E-state index is -1.12. The van der Waals surface area contributed by atoms with Crippen LogP contribution in [0.15, 0.2) is 60.7 Å². The predicted molar refractivity (Wildman–Crippen MR) is 101 cm³/mol. The molecule has 0 aliphatic carbocycles. The highest BCUT2D eigenvalue weighted by atomic mass is 19.1. The van der Waals surface area contributed by atoms with Gasteiger partial charge in [-0.25, -0.2) is 19.2 Å². The molecule has 0 unspecified atom stereocenters. The second-order valence-corrected chi connectivity index (χ2v) is 5.93.